The van der Waals surface area contributed by atoms with Crippen LogP contribution in [0.15, 0.2) is 12.1 Å². The van der Waals surface area contributed by atoms with E-state index in [-0.39, 0.29) is 5.54 Å². The number of benzene rings is 1. The van der Waals surface area contributed by atoms with Gasteiger partial charge in [-0.25, -0.2) is 0 Å². The van der Waals surface area contributed by atoms with E-state index in [2.05, 4.69) is 0 Å². The van der Waals surface area contributed by atoms with Crippen molar-refractivity contribution in [3.05, 3.63) is 23.3 Å². The number of hydrogen-bond donors (Lipinski definition) is 1. The van der Waals surface area contributed by atoms with Crippen molar-refractivity contribution in [2.45, 2.75) is 26.3 Å². The molecule has 1 aromatic carbocycles. The maximum Gasteiger partial charge on any atom is 0.231 e. The SMILES string of the molecule is Cc1c(C(C)(C)N)ccc2c1OCO2. The van der Waals surface area contributed by atoms with Crippen LogP contribution < -0.4 is 15.2 Å². The maximum atomic E-state index is 6.06. The lowest BCUT2D eigenvalue weighted by Gasteiger charge is -2.22. The highest BCUT2D eigenvalue weighted by Crippen LogP contribution is 2.39. The second-order valence-electron chi connectivity index (χ2n) is 4.19. The minimum atomic E-state index is -0.342. The Morgan fingerprint density at radius 1 is 1.29 bits per heavy atom. The summed E-state index contributed by atoms with van der Waals surface area (Å²) in [5.41, 5.74) is 7.89. The molecule has 1 aromatic rings. The third-order valence-electron chi connectivity index (χ3n) is 2.48. The first-order chi connectivity index (χ1) is 6.50. The first kappa shape index (κ1) is 9.34. The molecule has 0 aliphatic carbocycles. The molecule has 3 nitrogen and oxygen atoms in total. The van der Waals surface area contributed by atoms with E-state index in [4.69, 9.17) is 15.2 Å². The van der Waals surface area contributed by atoms with Gasteiger partial charge in [-0.1, -0.05) is 6.07 Å². The Balaban J connectivity index is 2.56. The van der Waals surface area contributed by atoms with Crippen molar-refractivity contribution < 1.29 is 9.47 Å². The van der Waals surface area contributed by atoms with E-state index in [0.717, 1.165) is 22.6 Å². The normalized spacial score (nSPS) is 14.6. The van der Waals surface area contributed by atoms with Gasteiger partial charge in [0.1, 0.15) is 0 Å². The number of ether oxygens (including phenoxy) is 2. The fraction of sp³-hybridized carbons (Fsp3) is 0.455. The average Bonchev–Trinajstić information content (AvgIpc) is 2.50. The highest BCUT2D eigenvalue weighted by Gasteiger charge is 2.23. The molecule has 0 saturated heterocycles. The summed E-state index contributed by atoms with van der Waals surface area (Å²) >= 11 is 0. The third-order valence-corrected chi connectivity index (χ3v) is 2.48. The van der Waals surface area contributed by atoms with Crippen molar-refractivity contribution in [1.29, 1.82) is 0 Å². The molecule has 0 atom stereocenters. The molecule has 1 heterocycles. The molecule has 14 heavy (non-hydrogen) atoms. The van der Waals surface area contributed by atoms with E-state index in [1.807, 2.05) is 32.9 Å². The summed E-state index contributed by atoms with van der Waals surface area (Å²) in [6.07, 6.45) is 0. The van der Waals surface area contributed by atoms with Gasteiger partial charge in [-0.2, -0.15) is 0 Å². The fourth-order valence-electron chi connectivity index (χ4n) is 1.81. The standard InChI is InChI=1S/C11H15NO2/c1-7-8(11(2,3)12)4-5-9-10(7)14-6-13-9/h4-5H,6,12H2,1-3H3. The molecule has 1 aliphatic heterocycles. The maximum absolute atomic E-state index is 6.06. The monoisotopic (exact) mass is 193 g/mol. The summed E-state index contributed by atoms with van der Waals surface area (Å²) in [5.74, 6) is 1.65. The Bertz CT molecular complexity index is 366. The Labute approximate surface area is 83.8 Å². The van der Waals surface area contributed by atoms with Crippen LogP contribution in [0.2, 0.25) is 0 Å². The minimum Gasteiger partial charge on any atom is -0.454 e. The van der Waals surface area contributed by atoms with Gasteiger partial charge in [-0.15, -0.1) is 0 Å². The van der Waals surface area contributed by atoms with Crippen LogP contribution in [0.25, 0.3) is 0 Å². The molecule has 0 fully saturated rings. The lowest BCUT2D eigenvalue weighted by molar-refractivity contribution is 0.173. The molecule has 2 N–H and O–H groups in total. The zero-order valence-electron chi connectivity index (χ0n) is 8.76. The molecule has 3 heteroatoms. The number of hydrogen-bond acceptors (Lipinski definition) is 3. The summed E-state index contributed by atoms with van der Waals surface area (Å²) in [6.45, 7) is 6.29. The van der Waals surface area contributed by atoms with E-state index in [1.54, 1.807) is 0 Å². The van der Waals surface area contributed by atoms with Crippen LogP contribution in [0.1, 0.15) is 25.0 Å². The molecular formula is C11H15NO2. The smallest absolute Gasteiger partial charge is 0.231 e. The summed E-state index contributed by atoms with van der Waals surface area (Å²) < 4.78 is 10.7. The quantitative estimate of drug-likeness (QED) is 0.741. The Kier molecular flexibility index (Phi) is 1.93. The van der Waals surface area contributed by atoms with Gasteiger partial charge in [-0.05, 0) is 32.4 Å². The van der Waals surface area contributed by atoms with Crippen molar-refractivity contribution in [1.82, 2.24) is 0 Å². The highest BCUT2D eigenvalue weighted by atomic mass is 16.7. The van der Waals surface area contributed by atoms with Gasteiger partial charge in [0.2, 0.25) is 6.79 Å². The summed E-state index contributed by atoms with van der Waals surface area (Å²) in [7, 11) is 0. The van der Waals surface area contributed by atoms with E-state index >= 15 is 0 Å². The average molecular weight is 193 g/mol. The predicted molar refractivity (Wildman–Crippen MR) is 54.5 cm³/mol. The van der Waals surface area contributed by atoms with E-state index in [0.29, 0.717) is 6.79 Å². The number of nitrogens with two attached hydrogens (primary N) is 1. The van der Waals surface area contributed by atoms with Crippen LogP contribution in [0.3, 0.4) is 0 Å². The second kappa shape index (κ2) is 2.89. The second-order valence-corrected chi connectivity index (χ2v) is 4.19. The van der Waals surface area contributed by atoms with Crippen LogP contribution in [-0.4, -0.2) is 6.79 Å². The lowest BCUT2D eigenvalue weighted by Crippen LogP contribution is -2.29. The topological polar surface area (TPSA) is 44.5 Å². The Hall–Kier alpha value is -1.22. The van der Waals surface area contributed by atoms with Crippen molar-refractivity contribution in [2.24, 2.45) is 5.73 Å². The van der Waals surface area contributed by atoms with Crippen LogP contribution in [-0.2, 0) is 5.54 Å². The van der Waals surface area contributed by atoms with Gasteiger partial charge in [-0.3, -0.25) is 0 Å². The van der Waals surface area contributed by atoms with Gasteiger partial charge < -0.3 is 15.2 Å². The Morgan fingerprint density at radius 3 is 2.64 bits per heavy atom. The van der Waals surface area contributed by atoms with Crippen molar-refractivity contribution in [3.8, 4) is 11.5 Å². The highest BCUT2D eigenvalue weighted by molar-refractivity contribution is 5.52. The Morgan fingerprint density at radius 2 is 2.00 bits per heavy atom. The molecule has 2 rings (SSSR count). The largest absolute Gasteiger partial charge is 0.454 e. The molecule has 0 saturated carbocycles. The molecular weight excluding hydrogens is 178 g/mol. The van der Waals surface area contributed by atoms with E-state index in [9.17, 15) is 0 Å². The zero-order chi connectivity index (χ0) is 10.3. The van der Waals surface area contributed by atoms with Crippen LogP contribution in [0.4, 0.5) is 0 Å². The van der Waals surface area contributed by atoms with Crippen LogP contribution in [0.5, 0.6) is 11.5 Å². The van der Waals surface area contributed by atoms with Crippen molar-refractivity contribution in [2.75, 3.05) is 6.79 Å². The van der Waals surface area contributed by atoms with Gasteiger partial charge in [0, 0.05) is 11.1 Å². The number of rotatable bonds is 1. The van der Waals surface area contributed by atoms with E-state index < -0.39 is 0 Å². The molecule has 0 bridgehead atoms. The summed E-state index contributed by atoms with van der Waals surface area (Å²) in [6, 6.07) is 3.92. The first-order valence-electron chi connectivity index (χ1n) is 4.68. The molecule has 76 valence electrons. The molecule has 0 aromatic heterocycles. The predicted octanol–water partition coefficient (Wildman–Crippen LogP) is 1.92. The number of fused-ring (bicyclic) bond motifs is 1. The van der Waals surface area contributed by atoms with Gasteiger partial charge in [0.05, 0.1) is 0 Å². The fourth-order valence-corrected chi connectivity index (χ4v) is 1.81. The third kappa shape index (κ3) is 1.34. The van der Waals surface area contributed by atoms with Gasteiger partial charge in [0.15, 0.2) is 11.5 Å². The molecule has 1 aliphatic rings. The first-order valence-corrected chi connectivity index (χ1v) is 4.68. The van der Waals surface area contributed by atoms with Crippen LogP contribution >= 0.6 is 0 Å². The van der Waals surface area contributed by atoms with Gasteiger partial charge in [0.25, 0.3) is 0 Å². The molecule has 0 unspecified atom stereocenters. The van der Waals surface area contributed by atoms with Crippen molar-refractivity contribution in [3.63, 3.8) is 0 Å². The molecule has 0 amide bonds. The minimum absolute atomic E-state index is 0.310. The van der Waals surface area contributed by atoms with Crippen molar-refractivity contribution >= 4 is 0 Å². The van der Waals surface area contributed by atoms with Gasteiger partial charge >= 0.3 is 0 Å². The molecule has 0 radical (unpaired) electrons. The summed E-state index contributed by atoms with van der Waals surface area (Å²) in [5, 5.41) is 0. The zero-order valence-corrected chi connectivity index (χ0v) is 8.76. The van der Waals surface area contributed by atoms with Crippen LogP contribution in [0, 0.1) is 6.92 Å². The lowest BCUT2D eigenvalue weighted by atomic mass is 9.91. The van der Waals surface area contributed by atoms with E-state index in [1.165, 1.54) is 0 Å². The molecule has 0 spiro atoms. The summed E-state index contributed by atoms with van der Waals surface area (Å²) in [4.78, 5) is 0.